The van der Waals surface area contributed by atoms with Gasteiger partial charge in [-0.1, -0.05) is 15.9 Å². The first-order chi connectivity index (χ1) is 13.8. The highest BCUT2D eigenvalue weighted by molar-refractivity contribution is 9.10. The third kappa shape index (κ3) is 4.73. The predicted molar refractivity (Wildman–Crippen MR) is 118 cm³/mol. The second-order valence-corrected chi connectivity index (χ2v) is 7.93. The molecule has 3 aromatic rings. The average molecular weight is 523 g/mol. The van der Waals surface area contributed by atoms with E-state index in [1.54, 1.807) is 50.4 Å². The number of hydrogen-bond acceptors (Lipinski definition) is 6. The number of rotatable bonds is 5. The number of esters is 1. The largest absolute Gasteiger partial charge is 0.478 e. The number of carbonyl (C=O) groups is 1. The van der Waals surface area contributed by atoms with Crippen LogP contribution in [0, 0.1) is 6.92 Å². The Morgan fingerprint density at radius 1 is 1.24 bits per heavy atom. The number of nitrogens with zero attached hydrogens (tertiary/aromatic N) is 3. The minimum absolute atomic E-state index is 0.254. The molecule has 0 bridgehead atoms. The number of benzene rings is 2. The number of fused-ring (bicyclic) bond motifs is 1. The van der Waals surface area contributed by atoms with Gasteiger partial charge >= 0.3 is 5.97 Å². The van der Waals surface area contributed by atoms with Gasteiger partial charge in [-0.05, 0) is 71.7 Å². The summed E-state index contributed by atoms with van der Waals surface area (Å²) in [6, 6.07) is 10.6. The summed E-state index contributed by atoms with van der Waals surface area (Å²) in [4.78, 5) is 28.7. The summed E-state index contributed by atoms with van der Waals surface area (Å²) in [7, 11) is 1.31. The van der Waals surface area contributed by atoms with Gasteiger partial charge in [-0.2, -0.15) is 9.78 Å². The number of aryl methyl sites for hydroxylation is 1. The van der Waals surface area contributed by atoms with Crippen molar-refractivity contribution in [2.24, 2.45) is 5.10 Å². The highest BCUT2D eigenvalue weighted by Gasteiger charge is 2.16. The zero-order valence-electron chi connectivity index (χ0n) is 15.8. The molecule has 0 radical (unpaired) electrons. The SMILES string of the molecule is COC(=O)[C@@H](C)Oc1ccc(C=Nn2c(C)nc3ccc(Br)cc3c2=O)cc1Br. The van der Waals surface area contributed by atoms with Crippen LogP contribution in [-0.4, -0.2) is 35.1 Å². The molecule has 1 atom stereocenters. The lowest BCUT2D eigenvalue weighted by Gasteiger charge is -2.13. The monoisotopic (exact) mass is 521 g/mol. The first-order valence-corrected chi connectivity index (χ1v) is 10.2. The Morgan fingerprint density at radius 2 is 2.00 bits per heavy atom. The van der Waals surface area contributed by atoms with Crippen LogP contribution in [0.1, 0.15) is 18.3 Å². The first kappa shape index (κ1) is 21.2. The maximum atomic E-state index is 12.8. The average Bonchev–Trinajstić information content (AvgIpc) is 2.69. The Morgan fingerprint density at radius 3 is 2.69 bits per heavy atom. The van der Waals surface area contributed by atoms with E-state index in [1.165, 1.54) is 11.8 Å². The van der Waals surface area contributed by atoms with Crippen molar-refractivity contribution in [3.63, 3.8) is 0 Å². The molecule has 0 unspecified atom stereocenters. The van der Waals surface area contributed by atoms with Crippen LogP contribution in [0.15, 0.2) is 55.2 Å². The Bertz CT molecular complexity index is 1170. The third-order valence-corrected chi connectivity index (χ3v) is 5.20. The molecule has 0 aliphatic carbocycles. The van der Waals surface area contributed by atoms with Gasteiger partial charge in [-0.25, -0.2) is 9.78 Å². The van der Waals surface area contributed by atoms with Crippen molar-refractivity contribution < 1.29 is 14.3 Å². The summed E-state index contributed by atoms with van der Waals surface area (Å²) >= 11 is 6.79. The fourth-order valence-corrected chi connectivity index (χ4v) is 3.47. The van der Waals surface area contributed by atoms with Crippen molar-refractivity contribution in [1.29, 1.82) is 0 Å². The van der Waals surface area contributed by atoms with Crippen molar-refractivity contribution in [2.45, 2.75) is 20.0 Å². The molecule has 0 spiro atoms. The highest BCUT2D eigenvalue weighted by atomic mass is 79.9. The topological polar surface area (TPSA) is 82.8 Å². The molecular weight excluding hydrogens is 506 g/mol. The van der Waals surface area contributed by atoms with Crippen molar-refractivity contribution in [3.05, 3.63) is 67.1 Å². The fourth-order valence-electron chi connectivity index (χ4n) is 2.62. The van der Waals surface area contributed by atoms with E-state index in [0.717, 1.165) is 10.0 Å². The van der Waals surface area contributed by atoms with Crippen molar-refractivity contribution >= 4 is 54.9 Å². The number of ether oxygens (including phenoxy) is 2. The number of halogens is 2. The molecule has 3 rings (SSSR count). The maximum absolute atomic E-state index is 12.8. The van der Waals surface area contributed by atoms with Gasteiger partial charge in [0, 0.05) is 4.47 Å². The van der Waals surface area contributed by atoms with Crippen LogP contribution in [0.4, 0.5) is 0 Å². The van der Waals surface area contributed by atoms with Gasteiger partial charge in [0.25, 0.3) is 5.56 Å². The van der Waals surface area contributed by atoms with Gasteiger partial charge in [0.2, 0.25) is 0 Å². The van der Waals surface area contributed by atoms with E-state index in [-0.39, 0.29) is 5.56 Å². The Balaban J connectivity index is 1.89. The van der Waals surface area contributed by atoms with Crippen LogP contribution in [0.3, 0.4) is 0 Å². The second-order valence-electron chi connectivity index (χ2n) is 6.16. The fraction of sp³-hybridized carbons (Fsp3) is 0.200. The number of aromatic nitrogens is 2. The minimum atomic E-state index is -0.736. The maximum Gasteiger partial charge on any atom is 0.346 e. The van der Waals surface area contributed by atoms with E-state index in [9.17, 15) is 9.59 Å². The molecule has 29 heavy (non-hydrogen) atoms. The lowest BCUT2D eigenvalue weighted by Crippen LogP contribution is -2.25. The van der Waals surface area contributed by atoms with Crippen LogP contribution in [0.2, 0.25) is 0 Å². The summed E-state index contributed by atoms with van der Waals surface area (Å²) < 4.78 is 12.9. The van der Waals surface area contributed by atoms with E-state index in [1.807, 2.05) is 6.07 Å². The quantitative estimate of drug-likeness (QED) is 0.373. The van der Waals surface area contributed by atoms with Gasteiger partial charge in [-0.3, -0.25) is 4.79 Å². The second kappa shape index (κ2) is 8.87. The molecule has 7 nitrogen and oxygen atoms in total. The van der Waals surface area contributed by atoms with Gasteiger partial charge in [0.05, 0.1) is 28.7 Å². The Labute approximate surface area is 183 Å². The number of methoxy groups -OCH3 is 1. The van der Waals surface area contributed by atoms with E-state index < -0.39 is 12.1 Å². The van der Waals surface area contributed by atoms with Gasteiger partial charge in [-0.15, -0.1) is 0 Å². The van der Waals surface area contributed by atoms with Gasteiger partial charge in [0.1, 0.15) is 11.6 Å². The number of hydrogen-bond donors (Lipinski definition) is 0. The van der Waals surface area contributed by atoms with Crippen molar-refractivity contribution in [1.82, 2.24) is 9.66 Å². The summed E-state index contributed by atoms with van der Waals surface area (Å²) in [5.74, 6) is 0.505. The Hall–Kier alpha value is -2.52. The predicted octanol–water partition coefficient (Wildman–Crippen LogP) is 4.05. The smallest absolute Gasteiger partial charge is 0.346 e. The standard InChI is InChI=1S/C20H17Br2N3O4/c1-11(20(27)28-3)29-18-7-4-13(8-16(18)22)10-23-25-12(2)24-17-6-5-14(21)9-15(17)19(25)26/h4-11H,1-3H3/t11-/m1/s1. The summed E-state index contributed by atoms with van der Waals surface area (Å²) in [6.45, 7) is 3.33. The summed E-state index contributed by atoms with van der Waals surface area (Å²) in [5, 5.41) is 4.77. The molecule has 0 fully saturated rings. The molecule has 1 heterocycles. The van der Waals surface area contributed by atoms with E-state index >= 15 is 0 Å². The molecule has 9 heteroatoms. The Kier molecular flexibility index (Phi) is 6.49. The molecule has 0 saturated heterocycles. The van der Waals surface area contributed by atoms with E-state index in [0.29, 0.717) is 26.9 Å². The third-order valence-electron chi connectivity index (χ3n) is 4.09. The molecule has 0 aliphatic heterocycles. The normalized spacial score (nSPS) is 12.3. The molecule has 0 aliphatic rings. The van der Waals surface area contributed by atoms with Gasteiger partial charge < -0.3 is 9.47 Å². The zero-order valence-corrected chi connectivity index (χ0v) is 19.0. The van der Waals surface area contributed by atoms with Crippen molar-refractivity contribution in [2.75, 3.05) is 7.11 Å². The molecule has 0 amide bonds. The minimum Gasteiger partial charge on any atom is -0.478 e. The molecule has 2 aromatic carbocycles. The summed E-state index contributed by atoms with van der Waals surface area (Å²) in [6.07, 6.45) is 0.818. The van der Waals surface area contributed by atoms with Crippen molar-refractivity contribution in [3.8, 4) is 5.75 Å². The lowest BCUT2D eigenvalue weighted by molar-refractivity contribution is -0.147. The van der Waals surface area contributed by atoms with E-state index in [2.05, 4.69) is 46.7 Å². The zero-order chi connectivity index (χ0) is 21.1. The molecule has 150 valence electrons. The van der Waals surface area contributed by atoms with Crippen LogP contribution in [-0.2, 0) is 9.53 Å². The number of carbonyl (C=O) groups excluding carboxylic acids is 1. The molecule has 0 N–H and O–H groups in total. The van der Waals surface area contributed by atoms with Crippen LogP contribution in [0.25, 0.3) is 10.9 Å². The molecular formula is C20H17Br2N3O4. The molecule has 1 aromatic heterocycles. The van der Waals surface area contributed by atoms with Crippen LogP contribution >= 0.6 is 31.9 Å². The molecule has 0 saturated carbocycles. The summed E-state index contributed by atoms with van der Waals surface area (Å²) in [5.41, 5.74) is 1.10. The van der Waals surface area contributed by atoms with Crippen LogP contribution in [0.5, 0.6) is 5.75 Å². The van der Waals surface area contributed by atoms with Crippen LogP contribution < -0.4 is 10.3 Å². The lowest BCUT2D eigenvalue weighted by atomic mass is 10.2. The van der Waals surface area contributed by atoms with Gasteiger partial charge in [0.15, 0.2) is 6.10 Å². The van der Waals surface area contributed by atoms with E-state index in [4.69, 9.17) is 4.74 Å². The first-order valence-electron chi connectivity index (χ1n) is 8.57. The highest BCUT2D eigenvalue weighted by Crippen LogP contribution is 2.26.